The molecular formula is C16H20FN3. The summed E-state index contributed by atoms with van der Waals surface area (Å²) in [4.78, 5) is 6.36. The van der Waals surface area contributed by atoms with Crippen molar-refractivity contribution in [1.82, 2.24) is 9.88 Å². The minimum atomic E-state index is -0.209. The van der Waals surface area contributed by atoms with Crippen LogP contribution in [-0.2, 0) is 6.54 Å². The SMILES string of the molecule is CCN(CCNc1cccc(F)c1)Cc1ccncc1. The highest BCUT2D eigenvalue weighted by molar-refractivity contribution is 5.42. The highest BCUT2D eigenvalue weighted by Gasteiger charge is 2.03. The number of anilines is 1. The van der Waals surface area contributed by atoms with Gasteiger partial charge in [0.25, 0.3) is 0 Å². The molecule has 0 saturated carbocycles. The number of hydrogen-bond acceptors (Lipinski definition) is 3. The van der Waals surface area contributed by atoms with Crippen molar-refractivity contribution >= 4 is 5.69 Å². The van der Waals surface area contributed by atoms with Gasteiger partial charge in [0, 0.05) is 37.7 Å². The average Bonchev–Trinajstić information content (AvgIpc) is 2.47. The second-order valence-corrected chi connectivity index (χ2v) is 4.66. The lowest BCUT2D eigenvalue weighted by Gasteiger charge is -2.20. The van der Waals surface area contributed by atoms with Crippen molar-refractivity contribution in [2.45, 2.75) is 13.5 Å². The number of nitrogens with zero attached hydrogens (tertiary/aromatic N) is 2. The van der Waals surface area contributed by atoms with Crippen molar-refractivity contribution in [2.24, 2.45) is 0 Å². The number of aromatic nitrogens is 1. The van der Waals surface area contributed by atoms with E-state index in [1.54, 1.807) is 6.07 Å². The third-order valence-electron chi connectivity index (χ3n) is 3.18. The highest BCUT2D eigenvalue weighted by atomic mass is 19.1. The van der Waals surface area contributed by atoms with Crippen LogP contribution in [-0.4, -0.2) is 29.5 Å². The summed E-state index contributed by atoms with van der Waals surface area (Å²) in [6, 6.07) is 10.6. The number of rotatable bonds is 7. The molecule has 0 aliphatic carbocycles. The van der Waals surface area contributed by atoms with Gasteiger partial charge >= 0.3 is 0 Å². The maximum Gasteiger partial charge on any atom is 0.125 e. The van der Waals surface area contributed by atoms with Crippen LogP contribution >= 0.6 is 0 Å². The van der Waals surface area contributed by atoms with Crippen LogP contribution in [0.15, 0.2) is 48.8 Å². The molecule has 4 heteroatoms. The molecule has 2 rings (SSSR count). The van der Waals surface area contributed by atoms with Gasteiger partial charge in [-0.3, -0.25) is 9.88 Å². The number of benzene rings is 1. The summed E-state index contributed by atoms with van der Waals surface area (Å²) in [5, 5.41) is 3.24. The maximum absolute atomic E-state index is 13.1. The Hall–Kier alpha value is -1.94. The number of nitrogens with one attached hydrogen (secondary N) is 1. The van der Waals surface area contributed by atoms with Gasteiger partial charge in [0.1, 0.15) is 5.82 Å². The molecule has 1 aromatic heterocycles. The van der Waals surface area contributed by atoms with Gasteiger partial charge < -0.3 is 5.32 Å². The number of hydrogen-bond donors (Lipinski definition) is 1. The van der Waals surface area contributed by atoms with Crippen LogP contribution in [0.25, 0.3) is 0 Å². The Balaban J connectivity index is 1.79. The zero-order valence-corrected chi connectivity index (χ0v) is 11.7. The Bertz CT molecular complexity index is 516. The van der Waals surface area contributed by atoms with Crippen LogP contribution in [0.5, 0.6) is 0 Å². The van der Waals surface area contributed by atoms with Gasteiger partial charge in [-0.2, -0.15) is 0 Å². The van der Waals surface area contributed by atoms with Crippen LogP contribution in [0.2, 0.25) is 0 Å². The summed E-state index contributed by atoms with van der Waals surface area (Å²) in [6.07, 6.45) is 3.63. The number of likely N-dealkylation sites (N-methyl/N-ethyl adjacent to an activating group) is 1. The van der Waals surface area contributed by atoms with E-state index in [1.807, 2.05) is 30.6 Å². The molecule has 0 atom stereocenters. The first-order chi connectivity index (χ1) is 9.78. The van der Waals surface area contributed by atoms with E-state index in [1.165, 1.54) is 17.7 Å². The summed E-state index contributed by atoms with van der Waals surface area (Å²) in [7, 11) is 0. The first-order valence-electron chi connectivity index (χ1n) is 6.88. The predicted molar refractivity (Wildman–Crippen MR) is 80.1 cm³/mol. The van der Waals surface area contributed by atoms with Crippen molar-refractivity contribution in [3.05, 3.63) is 60.2 Å². The summed E-state index contributed by atoms with van der Waals surface area (Å²) >= 11 is 0. The molecule has 0 saturated heterocycles. The molecular weight excluding hydrogens is 253 g/mol. The largest absolute Gasteiger partial charge is 0.384 e. The zero-order valence-electron chi connectivity index (χ0n) is 11.7. The predicted octanol–water partition coefficient (Wildman–Crippen LogP) is 3.15. The number of pyridine rings is 1. The third kappa shape index (κ3) is 4.63. The minimum Gasteiger partial charge on any atom is -0.384 e. The van der Waals surface area contributed by atoms with Crippen LogP contribution in [0.1, 0.15) is 12.5 Å². The van der Waals surface area contributed by atoms with Crippen LogP contribution in [0, 0.1) is 5.82 Å². The van der Waals surface area contributed by atoms with Gasteiger partial charge in [-0.1, -0.05) is 13.0 Å². The van der Waals surface area contributed by atoms with E-state index in [0.29, 0.717) is 0 Å². The standard InChI is InChI=1S/C16H20FN3/c1-2-20(13-14-6-8-18-9-7-14)11-10-19-16-5-3-4-15(17)12-16/h3-9,12,19H,2,10-11,13H2,1H3. The first-order valence-corrected chi connectivity index (χ1v) is 6.88. The van der Waals surface area contributed by atoms with E-state index in [2.05, 4.69) is 22.1 Å². The molecule has 106 valence electrons. The summed E-state index contributed by atoms with van der Waals surface area (Å²) < 4.78 is 13.1. The Labute approximate surface area is 119 Å². The smallest absolute Gasteiger partial charge is 0.125 e. The van der Waals surface area contributed by atoms with Gasteiger partial charge in [0.15, 0.2) is 0 Å². The lowest BCUT2D eigenvalue weighted by molar-refractivity contribution is 0.291. The molecule has 3 nitrogen and oxygen atoms in total. The Morgan fingerprint density at radius 3 is 2.70 bits per heavy atom. The van der Waals surface area contributed by atoms with Crippen LogP contribution in [0.3, 0.4) is 0 Å². The van der Waals surface area contributed by atoms with Crippen molar-refractivity contribution in [1.29, 1.82) is 0 Å². The first kappa shape index (κ1) is 14.5. The molecule has 0 unspecified atom stereocenters. The minimum absolute atomic E-state index is 0.209. The van der Waals surface area contributed by atoms with Crippen molar-refractivity contribution in [3.63, 3.8) is 0 Å². The van der Waals surface area contributed by atoms with Crippen LogP contribution < -0.4 is 5.32 Å². The Kier molecular flexibility index (Phi) is 5.50. The molecule has 0 amide bonds. The van der Waals surface area contributed by atoms with Gasteiger partial charge in [-0.05, 0) is 42.4 Å². The van der Waals surface area contributed by atoms with Crippen molar-refractivity contribution in [3.8, 4) is 0 Å². The topological polar surface area (TPSA) is 28.2 Å². The van der Waals surface area contributed by atoms with Crippen LogP contribution in [0.4, 0.5) is 10.1 Å². The maximum atomic E-state index is 13.1. The molecule has 0 fully saturated rings. The van der Waals surface area contributed by atoms with Gasteiger partial charge in [-0.25, -0.2) is 4.39 Å². The molecule has 0 aliphatic heterocycles. The van der Waals surface area contributed by atoms with E-state index in [9.17, 15) is 4.39 Å². The third-order valence-corrected chi connectivity index (χ3v) is 3.18. The molecule has 20 heavy (non-hydrogen) atoms. The van der Waals surface area contributed by atoms with E-state index >= 15 is 0 Å². The second kappa shape index (κ2) is 7.60. The monoisotopic (exact) mass is 273 g/mol. The fourth-order valence-corrected chi connectivity index (χ4v) is 2.05. The molecule has 0 spiro atoms. The molecule has 1 aromatic carbocycles. The van der Waals surface area contributed by atoms with Gasteiger partial charge in [0.05, 0.1) is 0 Å². The van der Waals surface area contributed by atoms with E-state index in [-0.39, 0.29) is 5.82 Å². The average molecular weight is 273 g/mol. The molecule has 0 radical (unpaired) electrons. The van der Waals surface area contributed by atoms with E-state index in [0.717, 1.165) is 31.9 Å². The van der Waals surface area contributed by atoms with Gasteiger partial charge in [-0.15, -0.1) is 0 Å². The summed E-state index contributed by atoms with van der Waals surface area (Å²) in [6.45, 7) is 5.73. The fraction of sp³-hybridized carbons (Fsp3) is 0.312. The summed E-state index contributed by atoms with van der Waals surface area (Å²) in [5.41, 5.74) is 2.08. The molecule has 0 bridgehead atoms. The lowest BCUT2D eigenvalue weighted by Crippen LogP contribution is -2.28. The Morgan fingerprint density at radius 1 is 1.20 bits per heavy atom. The van der Waals surface area contributed by atoms with E-state index < -0.39 is 0 Å². The zero-order chi connectivity index (χ0) is 14.2. The molecule has 0 aliphatic rings. The normalized spacial score (nSPS) is 10.8. The molecule has 2 aromatic rings. The Morgan fingerprint density at radius 2 is 2.00 bits per heavy atom. The fourth-order valence-electron chi connectivity index (χ4n) is 2.05. The molecule has 1 heterocycles. The second-order valence-electron chi connectivity index (χ2n) is 4.66. The lowest BCUT2D eigenvalue weighted by atomic mass is 10.2. The summed E-state index contributed by atoms with van der Waals surface area (Å²) in [5.74, 6) is -0.209. The highest BCUT2D eigenvalue weighted by Crippen LogP contribution is 2.09. The van der Waals surface area contributed by atoms with Crippen molar-refractivity contribution in [2.75, 3.05) is 25.0 Å². The molecule has 1 N–H and O–H groups in total. The van der Waals surface area contributed by atoms with Gasteiger partial charge in [0.2, 0.25) is 0 Å². The number of halogens is 1. The van der Waals surface area contributed by atoms with Crippen molar-refractivity contribution < 1.29 is 4.39 Å². The van der Waals surface area contributed by atoms with E-state index in [4.69, 9.17) is 0 Å². The quantitative estimate of drug-likeness (QED) is 0.840.